The van der Waals surface area contributed by atoms with Crippen LogP contribution in [0.15, 0.2) is 18.2 Å². The van der Waals surface area contributed by atoms with E-state index in [9.17, 15) is 8.42 Å². The second kappa shape index (κ2) is 3.68. The van der Waals surface area contributed by atoms with E-state index in [0.717, 1.165) is 18.4 Å². The molecular formula is C10H12ClNO2S. The van der Waals surface area contributed by atoms with E-state index in [1.807, 2.05) is 0 Å². The molecule has 0 unspecified atom stereocenters. The van der Waals surface area contributed by atoms with Crippen LogP contribution in [0.25, 0.3) is 0 Å². The molecule has 3 nitrogen and oxygen atoms in total. The largest absolute Gasteiger partial charge is 0.283 e. The van der Waals surface area contributed by atoms with Gasteiger partial charge < -0.3 is 0 Å². The van der Waals surface area contributed by atoms with Crippen LogP contribution in [0.4, 0.5) is 5.69 Å². The van der Waals surface area contributed by atoms with Crippen LogP contribution in [-0.4, -0.2) is 13.7 Å². The number of benzene rings is 1. The molecule has 15 heavy (non-hydrogen) atoms. The lowest BCUT2D eigenvalue weighted by Gasteiger charge is -2.10. The minimum absolute atomic E-state index is 0.212. The summed E-state index contributed by atoms with van der Waals surface area (Å²) in [6, 6.07) is 5.20. The van der Waals surface area contributed by atoms with Crippen LogP contribution in [0.2, 0.25) is 5.02 Å². The topological polar surface area (TPSA) is 46.2 Å². The maximum absolute atomic E-state index is 11.7. The summed E-state index contributed by atoms with van der Waals surface area (Å²) in [5.41, 5.74) is 1.35. The first-order chi connectivity index (χ1) is 7.00. The Kier molecular flexibility index (Phi) is 2.64. The van der Waals surface area contributed by atoms with Crippen LogP contribution in [-0.2, 0) is 10.0 Å². The maximum Gasteiger partial charge on any atom is 0.235 e. The Labute approximate surface area is 94.5 Å². The van der Waals surface area contributed by atoms with Gasteiger partial charge in [-0.15, -0.1) is 0 Å². The molecule has 1 fully saturated rings. The third-order valence-corrected chi connectivity index (χ3v) is 4.75. The lowest BCUT2D eigenvalue weighted by molar-refractivity contribution is 0.600. The number of rotatable bonds is 3. The third kappa shape index (κ3) is 2.26. The van der Waals surface area contributed by atoms with Crippen molar-refractivity contribution in [3.63, 3.8) is 0 Å². The summed E-state index contributed by atoms with van der Waals surface area (Å²) in [7, 11) is -3.19. The van der Waals surface area contributed by atoms with E-state index in [2.05, 4.69) is 4.72 Å². The van der Waals surface area contributed by atoms with E-state index in [4.69, 9.17) is 11.6 Å². The van der Waals surface area contributed by atoms with Crippen LogP contribution < -0.4 is 4.72 Å². The van der Waals surface area contributed by atoms with Gasteiger partial charge in [0.25, 0.3) is 0 Å². The first kappa shape index (κ1) is 10.8. The zero-order valence-electron chi connectivity index (χ0n) is 8.33. The highest BCUT2D eigenvalue weighted by molar-refractivity contribution is 7.93. The molecule has 5 heteroatoms. The summed E-state index contributed by atoms with van der Waals surface area (Å²) in [5.74, 6) is 0. The molecule has 1 aromatic carbocycles. The van der Waals surface area contributed by atoms with Gasteiger partial charge in [0.2, 0.25) is 10.0 Å². The summed E-state index contributed by atoms with van der Waals surface area (Å²) in [6.07, 6.45) is 1.52. The molecule has 0 aliphatic heterocycles. The summed E-state index contributed by atoms with van der Waals surface area (Å²) in [5, 5.41) is 0.363. The van der Waals surface area contributed by atoms with Gasteiger partial charge in [-0.25, -0.2) is 8.42 Å². The first-order valence-corrected chi connectivity index (χ1v) is 6.70. The molecule has 1 aliphatic carbocycles. The van der Waals surface area contributed by atoms with Crippen LogP contribution in [0.5, 0.6) is 0 Å². The fourth-order valence-corrected chi connectivity index (χ4v) is 2.96. The van der Waals surface area contributed by atoms with E-state index >= 15 is 0 Å². The van der Waals surface area contributed by atoms with Gasteiger partial charge in [0.05, 0.1) is 10.9 Å². The molecule has 0 radical (unpaired) electrons. The standard InChI is InChI=1S/C10H12ClNO2S/c1-7-9(11)3-2-4-10(7)12-15(13,14)8-5-6-8/h2-4,8,12H,5-6H2,1H3. The zero-order valence-corrected chi connectivity index (χ0v) is 9.90. The monoisotopic (exact) mass is 245 g/mol. The van der Waals surface area contributed by atoms with E-state index in [1.54, 1.807) is 25.1 Å². The second-order valence-electron chi connectivity index (χ2n) is 3.76. The minimum Gasteiger partial charge on any atom is -0.283 e. The average Bonchev–Trinajstić information content (AvgIpc) is 2.95. The van der Waals surface area contributed by atoms with Gasteiger partial charge in [-0.1, -0.05) is 17.7 Å². The Bertz CT molecular complexity index is 480. The molecule has 1 aromatic rings. The second-order valence-corrected chi connectivity index (χ2v) is 6.13. The van der Waals surface area contributed by atoms with E-state index in [1.165, 1.54) is 0 Å². The Hall–Kier alpha value is -0.740. The van der Waals surface area contributed by atoms with Crippen molar-refractivity contribution in [3.05, 3.63) is 28.8 Å². The molecule has 82 valence electrons. The predicted octanol–water partition coefficient (Wildman–Crippen LogP) is 2.55. The zero-order chi connectivity index (χ0) is 11.1. The molecule has 0 heterocycles. The lowest BCUT2D eigenvalue weighted by Crippen LogP contribution is -2.17. The molecule has 0 saturated heterocycles. The highest BCUT2D eigenvalue weighted by atomic mass is 35.5. The van der Waals surface area contributed by atoms with Crippen LogP contribution in [0.3, 0.4) is 0 Å². The van der Waals surface area contributed by atoms with Crippen molar-refractivity contribution in [2.24, 2.45) is 0 Å². The Balaban J connectivity index is 2.28. The molecule has 2 rings (SSSR count). The van der Waals surface area contributed by atoms with Gasteiger partial charge in [0.1, 0.15) is 0 Å². The number of halogens is 1. The molecule has 0 spiro atoms. The highest BCUT2D eigenvalue weighted by Gasteiger charge is 2.35. The van der Waals surface area contributed by atoms with Crippen molar-refractivity contribution >= 4 is 27.3 Å². The molecule has 1 saturated carbocycles. The Morgan fingerprint density at radius 1 is 1.40 bits per heavy atom. The van der Waals surface area contributed by atoms with Gasteiger partial charge in [-0.3, -0.25) is 4.72 Å². The van der Waals surface area contributed by atoms with Crippen molar-refractivity contribution in [1.29, 1.82) is 0 Å². The molecule has 0 atom stereocenters. The van der Waals surface area contributed by atoms with Crippen LogP contribution in [0.1, 0.15) is 18.4 Å². The number of hydrogen-bond donors (Lipinski definition) is 1. The van der Waals surface area contributed by atoms with Crippen molar-refractivity contribution in [1.82, 2.24) is 0 Å². The van der Waals surface area contributed by atoms with Crippen molar-refractivity contribution in [3.8, 4) is 0 Å². The summed E-state index contributed by atoms with van der Waals surface area (Å²) >= 11 is 5.90. The van der Waals surface area contributed by atoms with Crippen molar-refractivity contribution in [2.45, 2.75) is 25.0 Å². The average molecular weight is 246 g/mol. The van der Waals surface area contributed by atoms with E-state index in [0.29, 0.717) is 10.7 Å². The summed E-state index contributed by atoms with van der Waals surface area (Å²) in [6.45, 7) is 1.80. The van der Waals surface area contributed by atoms with E-state index < -0.39 is 10.0 Å². The van der Waals surface area contributed by atoms with Crippen LogP contribution in [0, 0.1) is 6.92 Å². The van der Waals surface area contributed by atoms with E-state index in [-0.39, 0.29) is 5.25 Å². The van der Waals surface area contributed by atoms with Crippen molar-refractivity contribution < 1.29 is 8.42 Å². The number of nitrogens with one attached hydrogen (secondary N) is 1. The Morgan fingerprint density at radius 2 is 2.07 bits per heavy atom. The van der Waals surface area contributed by atoms with Gasteiger partial charge in [-0.2, -0.15) is 0 Å². The molecule has 1 aliphatic rings. The SMILES string of the molecule is Cc1c(Cl)cccc1NS(=O)(=O)C1CC1. The summed E-state index contributed by atoms with van der Waals surface area (Å²) in [4.78, 5) is 0. The van der Waals surface area contributed by atoms with Crippen molar-refractivity contribution in [2.75, 3.05) is 4.72 Å². The predicted molar refractivity (Wildman–Crippen MR) is 61.8 cm³/mol. The third-order valence-electron chi connectivity index (χ3n) is 2.48. The van der Waals surface area contributed by atoms with Crippen LogP contribution >= 0.6 is 11.6 Å². The minimum atomic E-state index is -3.19. The number of hydrogen-bond acceptors (Lipinski definition) is 2. The molecule has 0 bridgehead atoms. The lowest BCUT2D eigenvalue weighted by atomic mass is 10.2. The first-order valence-electron chi connectivity index (χ1n) is 4.77. The molecule has 0 amide bonds. The number of anilines is 1. The van der Waals surface area contributed by atoms with Gasteiger partial charge >= 0.3 is 0 Å². The van der Waals surface area contributed by atoms with Gasteiger partial charge in [0.15, 0.2) is 0 Å². The van der Waals surface area contributed by atoms with Gasteiger partial charge in [-0.05, 0) is 37.5 Å². The molecular weight excluding hydrogens is 234 g/mol. The molecule has 0 aromatic heterocycles. The number of sulfonamides is 1. The normalized spacial score (nSPS) is 16.4. The molecule has 1 N–H and O–H groups in total. The fourth-order valence-electron chi connectivity index (χ4n) is 1.33. The maximum atomic E-state index is 11.7. The fraction of sp³-hybridized carbons (Fsp3) is 0.400. The quantitative estimate of drug-likeness (QED) is 0.890. The summed E-state index contributed by atoms with van der Waals surface area (Å²) < 4.78 is 25.9. The highest BCUT2D eigenvalue weighted by Crippen LogP contribution is 2.31. The Morgan fingerprint density at radius 3 is 2.67 bits per heavy atom. The van der Waals surface area contributed by atoms with Gasteiger partial charge in [0, 0.05) is 5.02 Å². The smallest absolute Gasteiger partial charge is 0.235 e.